The predicted molar refractivity (Wildman–Crippen MR) is 84.7 cm³/mol. The normalized spacial score (nSPS) is 10.2. The number of alkyl halides is 1. The molecule has 0 radical (unpaired) electrons. The molecule has 0 saturated carbocycles. The molecule has 0 aliphatic heterocycles. The van der Waals surface area contributed by atoms with E-state index in [1.165, 1.54) is 11.1 Å². The number of benzene rings is 2. The fraction of sp³-hybridized carbons (Fsp3) is 0.235. The van der Waals surface area contributed by atoms with Crippen molar-refractivity contribution in [3.8, 4) is 0 Å². The molecule has 0 atom stereocenters. The van der Waals surface area contributed by atoms with Crippen LogP contribution in [0.5, 0.6) is 0 Å². The molecule has 0 spiro atoms. The number of aryl methyl sites for hydroxylation is 2. The van der Waals surface area contributed by atoms with Gasteiger partial charge < -0.3 is 4.84 Å². The highest BCUT2D eigenvalue weighted by Crippen LogP contribution is 2.18. The van der Waals surface area contributed by atoms with Crippen LogP contribution < -0.4 is 0 Å². The molecule has 2 nitrogen and oxygen atoms in total. The van der Waals surface area contributed by atoms with E-state index < -0.39 is 0 Å². The predicted octanol–water partition coefficient (Wildman–Crippen LogP) is 4.31. The zero-order chi connectivity index (χ0) is 14.4. The van der Waals surface area contributed by atoms with Gasteiger partial charge in [0.2, 0.25) is 0 Å². The van der Waals surface area contributed by atoms with Crippen LogP contribution in [0.2, 0.25) is 0 Å². The molecule has 104 valence electrons. The second kappa shape index (κ2) is 7.11. The van der Waals surface area contributed by atoms with Crippen molar-refractivity contribution in [3.63, 3.8) is 0 Å². The van der Waals surface area contributed by atoms with Gasteiger partial charge in [0.25, 0.3) is 0 Å². The van der Waals surface area contributed by atoms with Crippen molar-refractivity contribution in [2.24, 2.45) is 5.16 Å². The van der Waals surface area contributed by atoms with E-state index in [9.17, 15) is 0 Å². The van der Waals surface area contributed by atoms with E-state index in [1.807, 2.05) is 24.3 Å². The molecule has 3 heteroatoms. The Bertz CT molecular complexity index is 560. The molecule has 2 aromatic carbocycles. The van der Waals surface area contributed by atoms with E-state index in [-0.39, 0.29) is 0 Å². The summed E-state index contributed by atoms with van der Waals surface area (Å²) in [6.07, 6.45) is 0. The highest BCUT2D eigenvalue weighted by atomic mass is 35.5. The molecule has 0 amide bonds. The highest BCUT2D eigenvalue weighted by molar-refractivity contribution is 6.18. The second-order valence-electron chi connectivity index (χ2n) is 4.59. The minimum absolute atomic E-state index is 0.406. The van der Waals surface area contributed by atoms with Gasteiger partial charge in [0.05, 0.1) is 5.88 Å². The van der Waals surface area contributed by atoms with Crippen LogP contribution in [0.1, 0.15) is 22.3 Å². The van der Waals surface area contributed by atoms with E-state index in [1.54, 1.807) is 0 Å². The number of rotatable bonds is 5. The van der Waals surface area contributed by atoms with Crippen LogP contribution in [-0.2, 0) is 4.84 Å². The van der Waals surface area contributed by atoms with Gasteiger partial charge in [-0.1, -0.05) is 53.7 Å². The van der Waals surface area contributed by atoms with Crippen molar-refractivity contribution in [3.05, 3.63) is 70.8 Å². The Labute approximate surface area is 125 Å². The van der Waals surface area contributed by atoms with E-state index in [0.717, 1.165) is 16.8 Å². The lowest BCUT2D eigenvalue weighted by molar-refractivity contribution is 0.161. The first-order valence-corrected chi connectivity index (χ1v) is 7.15. The summed E-state index contributed by atoms with van der Waals surface area (Å²) in [4.78, 5) is 5.32. The summed E-state index contributed by atoms with van der Waals surface area (Å²) in [5.41, 5.74) is 5.35. The van der Waals surface area contributed by atoms with Gasteiger partial charge in [-0.2, -0.15) is 0 Å². The molecule has 2 aromatic rings. The Morgan fingerprint density at radius 2 is 1.45 bits per heavy atom. The molecule has 0 heterocycles. The number of oxime groups is 1. The molecule has 0 saturated heterocycles. The number of hydrogen-bond acceptors (Lipinski definition) is 2. The second-order valence-corrected chi connectivity index (χ2v) is 4.97. The molecule has 20 heavy (non-hydrogen) atoms. The van der Waals surface area contributed by atoms with Gasteiger partial charge in [-0.25, -0.2) is 0 Å². The van der Waals surface area contributed by atoms with Crippen LogP contribution in [0.25, 0.3) is 0 Å². The topological polar surface area (TPSA) is 21.6 Å². The zero-order valence-electron chi connectivity index (χ0n) is 11.8. The van der Waals surface area contributed by atoms with Gasteiger partial charge in [-0.3, -0.25) is 0 Å². The Morgan fingerprint density at radius 1 is 0.950 bits per heavy atom. The zero-order valence-corrected chi connectivity index (χ0v) is 12.5. The van der Waals surface area contributed by atoms with E-state index >= 15 is 0 Å². The Morgan fingerprint density at radius 3 is 1.90 bits per heavy atom. The van der Waals surface area contributed by atoms with Crippen LogP contribution in [-0.4, -0.2) is 18.2 Å². The lowest BCUT2D eigenvalue weighted by Crippen LogP contribution is -2.08. The van der Waals surface area contributed by atoms with Crippen molar-refractivity contribution < 1.29 is 4.84 Å². The lowest BCUT2D eigenvalue weighted by Gasteiger charge is -2.12. The van der Waals surface area contributed by atoms with Gasteiger partial charge in [-0.05, 0) is 25.0 Å². The summed E-state index contributed by atoms with van der Waals surface area (Å²) < 4.78 is 0. The number of halogens is 1. The van der Waals surface area contributed by atoms with Crippen LogP contribution in [0.15, 0.2) is 53.7 Å². The van der Waals surface area contributed by atoms with Crippen LogP contribution in [0, 0.1) is 13.8 Å². The summed E-state index contributed by atoms with van der Waals surface area (Å²) in [7, 11) is 0. The largest absolute Gasteiger partial charge is 0.394 e. The highest BCUT2D eigenvalue weighted by Gasteiger charge is 2.12. The summed E-state index contributed by atoms with van der Waals surface area (Å²) in [6.45, 7) is 4.55. The van der Waals surface area contributed by atoms with Crippen molar-refractivity contribution in [2.75, 3.05) is 12.5 Å². The summed E-state index contributed by atoms with van der Waals surface area (Å²) >= 11 is 5.65. The van der Waals surface area contributed by atoms with Gasteiger partial charge in [0, 0.05) is 11.1 Å². The SMILES string of the molecule is Cc1ccccc1C(=NOCCCl)c1ccccc1C. The number of hydrogen-bond donors (Lipinski definition) is 0. The van der Waals surface area contributed by atoms with E-state index in [4.69, 9.17) is 16.4 Å². The molecule has 0 aliphatic rings. The van der Waals surface area contributed by atoms with Crippen molar-refractivity contribution in [2.45, 2.75) is 13.8 Å². The minimum Gasteiger partial charge on any atom is -0.394 e. The maximum atomic E-state index is 5.65. The van der Waals surface area contributed by atoms with Gasteiger partial charge in [0.1, 0.15) is 12.3 Å². The molecule has 0 aromatic heterocycles. The summed E-state index contributed by atoms with van der Waals surface area (Å²) in [5.74, 6) is 0.429. The first-order valence-electron chi connectivity index (χ1n) is 6.62. The molecule has 0 aliphatic carbocycles. The fourth-order valence-electron chi connectivity index (χ4n) is 2.07. The summed E-state index contributed by atoms with van der Waals surface area (Å²) in [5, 5.41) is 4.31. The summed E-state index contributed by atoms with van der Waals surface area (Å²) in [6, 6.07) is 16.3. The smallest absolute Gasteiger partial charge is 0.130 e. The molecule has 0 N–H and O–H groups in total. The van der Waals surface area contributed by atoms with Crippen molar-refractivity contribution in [1.82, 2.24) is 0 Å². The molecular weight excluding hydrogens is 270 g/mol. The van der Waals surface area contributed by atoms with Gasteiger partial charge in [-0.15, -0.1) is 11.6 Å². The quantitative estimate of drug-likeness (QED) is 0.347. The van der Waals surface area contributed by atoms with Crippen LogP contribution in [0.3, 0.4) is 0 Å². The molecule has 2 rings (SSSR count). The molecular formula is C17H18ClNO. The van der Waals surface area contributed by atoms with Gasteiger partial charge in [0.15, 0.2) is 0 Å². The van der Waals surface area contributed by atoms with Gasteiger partial charge >= 0.3 is 0 Å². The maximum Gasteiger partial charge on any atom is 0.130 e. The molecule has 0 fully saturated rings. The van der Waals surface area contributed by atoms with Crippen molar-refractivity contribution >= 4 is 17.3 Å². The Balaban J connectivity index is 2.49. The third-order valence-corrected chi connectivity index (χ3v) is 3.28. The third kappa shape index (κ3) is 3.40. The first-order chi connectivity index (χ1) is 9.74. The monoisotopic (exact) mass is 287 g/mol. The maximum absolute atomic E-state index is 5.65. The molecule has 0 unspecified atom stereocenters. The average molecular weight is 288 g/mol. The number of nitrogens with zero attached hydrogens (tertiary/aromatic N) is 1. The molecule has 0 bridgehead atoms. The average Bonchev–Trinajstić information content (AvgIpc) is 2.46. The third-order valence-electron chi connectivity index (χ3n) is 3.12. The minimum atomic E-state index is 0.406. The van der Waals surface area contributed by atoms with E-state index in [2.05, 4.69) is 43.3 Å². The van der Waals surface area contributed by atoms with Crippen molar-refractivity contribution in [1.29, 1.82) is 0 Å². The first kappa shape index (κ1) is 14.6. The van der Waals surface area contributed by atoms with Crippen LogP contribution in [0.4, 0.5) is 0 Å². The van der Waals surface area contributed by atoms with Crippen LogP contribution >= 0.6 is 11.6 Å². The van der Waals surface area contributed by atoms with E-state index in [0.29, 0.717) is 12.5 Å². The standard InChI is InChI=1S/C17H18ClNO/c1-13-7-3-5-9-15(13)17(19-20-12-11-18)16-10-6-4-8-14(16)2/h3-10H,11-12H2,1-2H3. The lowest BCUT2D eigenvalue weighted by atomic mass is 9.95. The Kier molecular flexibility index (Phi) is 5.19. The fourth-order valence-corrected chi connectivity index (χ4v) is 2.13. The Hall–Kier alpha value is -1.80.